The molecule has 3 aromatic heterocycles. The van der Waals surface area contributed by atoms with Crippen molar-refractivity contribution in [2.45, 2.75) is 26.7 Å². The summed E-state index contributed by atoms with van der Waals surface area (Å²) in [6, 6.07) is 36.8. The van der Waals surface area contributed by atoms with Crippen molar-refractivity contribution >= 4 is 21.9 Å². The standard InChI is InChI=1S/C18H12NO.C14H14N.Ir/c1-12-6-4-10-16(19-12)15-9-5-8-14-13-7-2-3-11-17(13)20-18(14)15;1-11(2)12-6-8-13(9-7-12)14-5-3-4-10-15-14;/h2-8,10-11H,1H3;3-8,10-11H,1-2H3;/q2*-1;. The van der Waals surface area contributed by atoms with Crippen LogP contribution in [0.2, 0.25) is 0 Å². The third kappa shape index (κ3) is 5.46. The quantitative estimate of drug-likeness (QED) is 0.181. The number of rotatable bonds is 3. The van der Waals surface area contributed by atoms with Crippen LogP contribution in [-0.2, 0) is 20.1 Å². The summed E-state index contributed by atoms with van der Waals surface area (Å²) in [6.07, 6.45) is 1.81. The Balaban J connectivity index is 0.000000172. The van der Waals surface area contributed by atoms with Crippen LogP contribution in [0.4, 0.5) is 0 Å². The molecule has 0 bridgehead atoms. The van der Waals surface area contributed by atoms with Crippen molar-refractivity contribution in [3.8, 4) is 22.5 Å². The molecular formula is C32H26IrN2O-2. The maximum atomic E-state index is 6.01. The maximum Gasteiger partial charge on any atom is 0.120 e. The van der Waals surface area contributed by atoms with Gasteiger partial charge in [0.15, 0.2) is 0 Å². The first-order valence-corrected chi connectivity index (χ1v) is 11.8. The molecule has 0 saturated heterocycles. The molecule has 181 valence electrons. The van der Waals surface area contributed by atoms with E-state index >= 15 is 0 Å². The minimum absolute atomic E-state index is 0. The number of para-hydroxylation sites is 1. The summed E-state index contributed by atoms with van der Waals surface area (Å²) in [5, 5.41) is 2.24. The molecule has 3 nitrogen and oxygen atoms in total. The van der Waals surface area contributed by atoms with E-state index < -0.39 is 0 Å². The van der Waals surface area contributed by atoms with Gasteiger partial charge in [-0.1, -0.05) is 73.2 Å². The van der Waals surface area contributed by atoms with Gasteiger partial charge in [-0.2, -0.15) is 0 Å². The zero-order chi connectivity index (χ0) is 24.2. The molecule has 6 rings (SSSR count). The molecular weight excluding hydrogens is 621 g/mol. The van der Waals surface area contributed by atoms with Crippen molar-refractivity contribution < 1.29 is 24.5 Å². The summed E-state index contributed by atoms with van der Waals surface area (Å²) in [5.41, 5.74) is 7.91. The minimum atomic E-state index is 0. The van der Waals surface area contributed by atoms with E-state index in [1.807, 2.05) is 73.7 Å². The van der Waals surface area contributed by atoms with Crippen molar-refractivity contribution in [3.63, 3.8) is 0 Å². The number of aromatic nitrogens is 2. The number of aryl methyl sites for hydroxylation is 1. The zero-order valence-corrected chi connectivity index (χ0v) is 22.8. The Bertz CT molecular complexity index is 1570. The predicted octanol–water partition coefficient (Wildman–Crippen LogP) is 8.43. The van der Waals surface area contributed by atoms with Gasteiger partial charge in [0.25, 0.3) is 0 Å². The van der Waals surface area contributed by atoms with Gasteiger partial charge in [-0.25, -0.2) is 0 Å². The van der Waals surface area contributed by atoms with E-state index in [1.54, 1.807) is 6.20 Å². The van der Waals surface area contributed by atoms with Crippen LogP contribution in [0.15, 0.2) is 102 Å². The largest absolute Gasteiger partial charge is 0.501 e. The Morgan fingerprint density at radius 3 is 2.31 bits per heavy atom. The zero-order valence-electron chi connectivity index (χ0n) is 20.5. The van der Waals surface area contributed by atoms with Gasteiger partial charge in [0, 0.05) is 37.4 Å². The third-order valence-corrected chi connectivity index (χ3v) is 5.93. The number of fused-ring (bicyclic) bond motifs is 3. The first-order valence-electron chi connectivity index (χ1n) is 11.8. The molecule has 0 atom stereocenters. The average molecular weight is 647 g/mol. The van der Waals surface area contributed by atoms with Crippen LogP contribution in [-0.4, -0.2) is 9.97 Å². The predicted molar refractivity (Wildman–Crippen MR) is 143 cm³/mol. The van der Waals surface area contributed by atoms with Gasteiger partial charge in [-0.3, -0.25) is 0 Å². The molecule has 0 amide bonds. The fraction of sp³-hybridized carbons (Fsp3) is 0.125. The normalized spacial score (nSPS) is 10.7. The summed E-state index contributed by atoms with van der Waals surface area (Å²) in [6.45, 7) is 6.36. The molecule has 0 spiro atoms. The van der Waals surface area contributed by atoms with Crippen molar-refractivity contribution in [2.75, 3.05) is 0 Å². The van der Waals surface area contributed by atoms with Gasteiger partial charge in [-0.15, -0.1) is 53.6 Å². The topological polar surface area (TPSA) is 38.9 Å². The monoisotopic (exact) mass is 647 g/mol. The molecule has 3 aromatic carbocycles. The second-order valence-corrected chi connectivity index (χ2v) is 8.76. The first-order chi connectivity index (χ1) is 17.1. The van der Waals surface area contributed by atoms with E-state index in [0.717, 1.165) is 50.1 Å². The van der Waals surface area contributed by atoms with E-state index in [-0.39, 0.29) is 20.1 Å². The van der Waals surface area contributed by atoms with Crippen molar-refractivity contribution in [3.05, 3.63) is 121 Å². The molecule has 1 radical (unpaired) electrons. The molecule has 0 aliphatic carbocycles. The Morgan fingerprint density at radius 1 is 0.778 bits per heavy atom. The van der Waals surface area contributed by atoms with E-state index in [9.17, 15) is 0 Å². The van der Waals surface area contributed by atoms with Crippen LogP contribution in [0.1, 0.15) is 31.0 Å². The molecule has 0 aliphatic rings. The van der Waals surface area contributed by atoms with Gasteiger partial charge in [0.2, 0.25) is 0 Å². The van der Waals surface area contributed by atoms with Gasteiger partial charge < -0.3 is 14.4 Å². The van der Waals surface area contributed by atoms with Crippen molar-refractivity contribution in [2.24, 2.45) is 0 Å². The maximum absolute atomic E-state index is 6.01. The fourth-order valence-electron chi connectivity index (χ4n) is 4.04. The number of hydrogen-bond donors (Lipinski definition) is 0. The van der Waals surface area contributed by atoms with E-state index in [4.69, 9.17) is 4.42 Å². The van der Waals surface area contributed by atoms with Crippen LogP contribution in [0.5, 0.6) is 0 Å². The van der Waals surface area contributed by atoms with Crippen LogP contribution in [0.25, 0.3) is 44.5 Å². The van der Waals surface area contributed by atoms with Crippen molar-refractivity contribution in [1.82, 2.24) is 9.97 Å². The second-order valence-electron chi connectivity index (χ2n) is 8.76. The van der Waals surface area contributed by atoms with Gasteiger partial charge in [0.05, 0.1) is 5.58 Å². The molecule has 0 saturated carbocycles. The first kappa shape index (κ1) is 25.5. The number of benzene rings is 3. The molecule has 36 heavy (non-hydrogen) atoms. The summed E-state index contributed by atoms with van der Waals surface area (Å²) in [5.74, 6) is 0.555. The Morgan fingerprint density at radius 2 is 1.58 bits per heavy atom. The van der Waals surface area contributed by atoms with Crippen LogP contribution >= 0.6 is 0 Å². The molecule has 6 aromatic rings. The van der Waals surface area contributed by atoms with Crippen LogP contribution < -0.4 is 0 Å². The number of nitrogens with zero attached hydrogens (tertiary/aromatic N) is 2. The Labute approximate surface area is 225 Å². The Hall–Kier alpha value is -3.59. The van der Waals surface area contributed by atoms with Gasteiger partial charge in [-0.05, 0) is 36.5 Å². The summed E-state index contributed by atoms with van der Waals surface area (Å²) in [7, 11) is 0. The van der Waals surface area contributed by atoms with E-state index in [1.165, 1.54) is 5.56 Å². The summed E-state index contributed by atoms with van der Waals surface area (Å²) >= 11 is 0. The molecule has 4 heteroatoms. The Kier molecular flexibility index (Phi) is 8.10. The molecule has 0 fully saturated rings. The smallest absolute Gasteiger partial charge is 0.120 e. The second kappa shape index (κ2) is 11.4. The average Bonchev–Trinajstić information content (AvgIpc) is 3.29. The summed E-state index contributed by atoms with van der Waals surface area (Å²) in [4.78, 5) is 8.86. The van der Waals surface area contributed by atoms with Gasteiger partial charge >= 0.3 is 0 Å². The van der Waals surface area contributed by atoms with Crippen LogP contribution in [0.3, 0.4) is 0 Å². The number of pyridine rings is 2. The van der Waals surface area contributed by atoms with E-state index in [2.05, 4.69) is 60.2 Å². The SMILES string of the molecule is CC(C)c1c[c-]c(-c2ccccn2)cc1.Cc1cccc(-c2[c-]ccc3c2oc2ccccc23)n1.[Ir]. The molecule has 0 aliphatic heterocycles. The molecule has 0 unspecified atom stereocenters. The fourth-order valence-corrected chi connectivity index (χ4v) is 4.04. The van der Waals surface area contributed by atoms with Gasteiger partial charge in [0.1, 0.15) is 5.58 Å². The van der Waals surface area contributed by atoms with Crippen LogP contribution in [0, 0.1) is 19.1 Å². The number of furan rings is 1. The van der Waals surface area contributed by atoms with Crippen molar-refractivity contribution in [1.29, 1.82) is 0 Å². The number of hydrogen-bond acceptors (Lipinski definition) is 3. The molecule has 3 heterocycles. The summed E-state index contributed by atoms with van der Waals surface area (Å²) < 4.78 is 6.01. The minimum Gasteiger partial charge on any atom is -0.501 e. The third-order valence-electron chi connectivity index (χ3n) is 5.93. The van der Waals surface area contributed by atoms with E-state index in [0.29, 0.717) is 5.92 Å². The molecule has 0 N–H and O–H groups in total.